The first-order valence-corrected chi connectivity index (χ1v) is 14.3. The predicted molar refractivity (Wildman–Crippen MR) is 141 cm³/mol. The summed E-state index contributed by atoms with van der Waals surface area (Å²) in [6.07, 6.45) is 19.2. The highest BCUT2D eigenvalue weighted by atomic mass is 31.2. The highest BCUT2D eigenvalue weighted by molar-refractivity contribution is 7.45. The summed E-state index contributed by atoms with van der Waals surface area (Å²) < 4.78 is 8.88. The summed E-state index contributed by atoms with van der Waals surface area (Å²) in [6.45, 7) is 4.54. The summed E-state index contributed by atoms with van der Waals surface area (Å²) in [7, 11) is -4.64. The van der Waals surface area contributed by atoms with Crippen LogP contribution in [0, 0.1) is 0 Å². The standard InChI is InChI=1S/2C14H22.H3O4P/c2*1-2-3-4-5-6-8-11-14-12-9-7-10-13-14;1-5(2,3)4/h2*7,9-10,12-13H,2-6,8,11H2,1H3;(H3,1,2,3,4). The molecule has 5 heteroatoms. The second kappa shape index (κ2) is 22.3. The lowest BCUT2D eigenvalue weighted by Crippen LogP contribution is -1.85. The lowest BCUT2D eigenvalue weighted by molar-refractivity contribution is 0.275. The molecule has 0 atom stereocenters. The van der Waals surface area contributed by atoms with E-state index in [-0.39, 0.29) is 0 Å². The number of unbranched alkanes of at least 4 members (excludes halogenated alkanes) is 10. The number of hydrogen-bond donors (Lipinski definition) is 3. The van der Waals surface area contributed by atoms with Crippen LogP contribution in [0.1, 0.15) is 102 Å². The molecule has 0 aromatic heterocycles. The zero-order valence-corrected chi connectivity index (χ0v) is 21.8. The smallest absolute Gasteiger partial charge is 0.303 e. The zero-order valence-electron chi connectivity index (χ0n) is 20.9. The largest absolute Gasteiger partial charge is 0.466 e. The van der Waals surface area contributed by atoms with Crippen molar-refractivity contribution in [3.63, 3.8) is 0 Å². The van der Waals surface area contributed by atoms with Crippen LogP contribution < -0.4 is 0 Å². The Morgan fingerprint density at radius 2 is 0.788 bits per heavy atom. The summed E-state index contributed by atoms with van der Waals surface area (Å²) in [5, 5.41) is 0. The van der Waals surface area contributed by atoms with Gasteiger partial charge in [0.25, 0.3) is 0 Å². The van der Waals surface area contributed by atoms with Gasteiger partial charge in [0.15, 0.2) is 0 Å². The van der Waals surface area contributed by atoms with Crippen LogP contribution in [-0.4, -0.2) is 14.7 Å². The summed E-state index contributed by atoms with van der Waals surface area (Å²) in [5.74, 6) is 0. The Kier molecular flexibility index (Phi) is 21.4. The third-order valence-electron chi connectivity index (χ3n) is 5.32. The molecule has 33 heavy (non-hydrogen) atoms. The van der Waals surface area contributed by atoms with Crippen molar-refractivity contribution in [3.05, 3.63) is 71.8 Å². The third kappa shape index (κ3) is 26.7. The minimum absolute atomic E-state index is 1.26. The van der Waals surface area contributed by atoms with Crippen LogP contribution >= 0.6 is 7.82 Å². The van der Waals surface area contributed by atoms with Gasteiger partial charge in [-0.25, -0.2) is 4.57 Å². The maximum absolute atomic E-state index is 8.88. The molecule has 0 unspecified atom stereocenters. The van der Waals surface area contributed by atoms with Crippen LogP contribution in [0.5, 0.6) is 0 Å². The SMILES string of the molecule is CCCCCCCCc1ccccc1.CCCCCCCCc1ccccc1.O=P(O)(O)O. The van der Waals surface area contributed by atoms with Crippen LogP contribution in [0.25, 0.3) is 0 Å². The first-order chi connectivity index (χ1) is 15.9. The number of benzene rings is 2. The molecule has 2 aromatic carbocycles. The Morgan fingerprint density at radius 1 is 0.515 bits per heavy atom. The lowest BCUT2D eigenvalue weighted by Gasteiger charge is -2.01. The molecule has 0 heterocycles. The fourth-order valence-corrected chi connectivity index (χ4v) is 3.51. The van der Waals surface area contributed by atoms with Gasteiger partial charge >= 0.3 is 7.82 Å². The average molecular weight is 479 g/mol. The van der Waals surface area contributed by atoms with Gasteiger partial charge in [0.05, 0.1) is 0 Å². The third-order valence-corrected chi connectivity index (χ3v) is 5.32. The molecule has 188 valence electrons. The molecule has 0 amide bonds. The van der Waals surface area contributed by atoms with Gasteiger partial charge in [0.2, 0.25) is 0 Å². The normalized spacial score (nSPS) is 10.6. The van der Waals surface area contributed by atoms with Gasteiger partial charge in [-0.05, 0) is 36.8 Å². The summed E-state index contributed by atoms with van der Waals surface area (Å²) >= 11 is 0. The van der Waals surface area contributed by atoms with Crippen LogP contribution in [-0.2, 0) is 17.4 Å². The maximum atomic E-state index is 8.88. The highest BCUT2D eigenvalue weighted by Gasteiger charge is 2.00. The number of aryl methyl sites for hydroxylation is 2. The van der Waals surface area contributed by atoms with Crippen molar-refractivity contribution in [2.45, 2.75) is 104 Å². The summed E-state index contributed by atoms with van der Waals surface area (Å²) in [4.78, 5) is 21.6. The first-order valence-electron chi connectivity index (χ1n) is 12.7. The second-order valence-corrected chi connectivity index (χ2v) is 9.55. The molecule has 3 N–H and O–H groups in total. The Labute approximate surface area is 202 Å². The van der Waals surface area contributed by atoms with Gasteiger partial charge in [0, 0.05) is 0 Å². The molecule has 4 nitrogen and oxygen atoms in total. The fourth-order valence-electron chi connectivity index (χ4n) is 3.51. The minimum atomic E-state index is -4.64. The first kappa shape index (κ1) is 31.6. The average Bonchev–Trinajstić information content (AvgIpc) is 2.79. The van der Waals surface area contributed by atoms with Gasteiger partial charge < -0.3 is 14.7 Å². The van der Waals surface area contributed by atoms with E-state index in [2.05, 4.69) is 74.5 Å². The molecule has 0 aliphatic carbocycles. The molecule has 0 spiro atoms. The molecule has 2 rings (SSSR count). The van der Waals surface area contributed by atoms with E-state index in [1.807, 2.05) is 0 Å². The van der Waals surface area contributed by atoms with Crippen LogP contribution in [0.2, 0.25) is 0 Å². The van der Waals surface area contributed by atoms with E-state index >= 15 is 0 Å². The molecular weight excluding hydrogens is 431 g/mol. The van der Waals surface area contributed by atoms with E-state index in [9.17, 15) is 0 Å². The number of rotatable bonds is 14. The van der Waals surface area contributed by atoms with Gasteiger partial charge in [-0.15, -0.1) is 0 Å². The Hall–Kier alpha value is -1.45. The van der Waals surface area contributed by atoms with Crippen molar-refractivity contribution in [2.24, 2.45) is 0 Å². The van der Waals surface area contributed by atoms with Crippen molar-refractivity contribution < 1.29 is 19.2 Å². The van der Waals surface area contributed by atoms with Crippen molar-refractivity contribution in [2.75, 3.05) is 0 Å². The molecule has 2 aromatic rings. The van der Waals surface area contributed by atoms with E-state index in [1.165, 1.54) is 101 Å². The quantitative estimate of drug-likeness (QED) is 0.189. The summed E-state index contributed by atoms with van der Waals surface area (Å²) in [5.41, 5.74) is 2.98. The van der Waals surface area contributed by atoms with Crippen LogP contribution in [0.4, 0.5) is 0 Å². The van der Waals surface area contributed by atoms with Gasteiger partial charge in [0.1, 0.15) is 0 Å². The van der Waals surface area contributed by atoms with E-state index in [0.29, 0.717) is 0 Å². The van der Waals surface area contributed by atoms with Gasteiger partial charge in [-0.2, -0.15) is 0 Å². The van der Waals surface area contributed by atoms with Crippen molar-refractivity contribution in [1.82, 2.24) is 0 Å². The van der Waals surface area contributed by atoms with Gasteiger partial charge in [-0.1, -0.05) is 139 Å². The number of phosphoric acid groups is 1. The van der Waals surface area contributed by atoms with E-state index in [1.54, 1.807) is 0 Å². The van der Waals surface area contributed by atoms with Crippen molar-refractivity contribution >= 4 is 7.82 Å². The fraction of sp³-hybridized carbons (Fsp3) is 0.571. The minimum Gasteiger partial charge on any atom is -0.303 e. The van der Waals surface area contributed by atoms with Crippen LogP contribution in [0.15, 0.2) is 60.7 Å². The second-order valence-electron chi connectivity index (χ2n) is 8.52. The zero-order chi connectivity index (χ0) is 24.6. The maximum Gasteiger partial charge on any atom is 0.466 e. The van der Waals surface area contributed by atoms with E-state index in [4.69, 9.17) is 19.2 Å². The molecule has 0 bridgehead atoms. The Morgan fingerprint density at radius 3 is 1.09 bits per heavy atom. The Bertz CT molecular complexity index is 626. The molecule has 0 saturated carbocycles. The topological polar surface area (TPSA) is 77.8 Å². The van der Waals surface area contributed by atoms with E-state index in [0.717, 1.165) is 0 Å². The monoisotopic (exact) mass is 478 g/mol. The van der Waals surface area contributed by atoms with Crippen molar-refractivity contribution in [1.29, 1.82) is 0 Å². The number of hydrogen-bond acceptors (Lipinski definition) is 1. The molecule has 0 radical (unpaired) electrons. The lowest BCUT2D eigenvalue weighted by atomic mass is 10.1. The van der Waals surface area contributed by atoms with Gasteiger partial charge in [-0.3, -0.25) is 0 Å². The van der Waals surface area contributed by atoms with E-state index < -0.39 is 7.82 Å². The highest BCUT2D eigenvalue weighted by Crippen LogP contribution is 2.25. The molecule has 0 fully saturated rings. The summed E-state index contributed by atoms with van der Waals surface area (Å²) in [6, 6.07) is 21.6. The molecule has 0 saturated heterocycles. The molecule has 0 aliphatic heterocycles. The molecular formula is C28H47O4P. The van der Waals surface area contributed by atoms with Crippen molar-refractivity contribution in [3.8, 4) is 0 Å². The molecule has 0 aliphatic rings. The Balaban J connectivity index is 0.000000517. The van der Waals surface area contributed by atoms with Crippen LogP contribution in [0.3, 0.4) is 0 Å². The predicted octanol–water partition coefficient (Wildman–Crippen LogP) is 8.25.